The minimum Gasteiger partial charge on any atom is -0.258 e. The minimum absolute atomic E-state index is 0.00545. The van der Waals surface area contributed by atoms with Gasteiger partial charge in [0.2, 0.25) is 0 Å². The van der Waals surface area contributed by atoms with Crippen LogP contribution in [0.4, 0.5) is 5.69 Å². The van der Waals surface area contributed by atoms with E-state index in [9.17, 15) is 10.1 Å². The van der Waals surface area contributed by atoms with Gasteiger partial charge in [0, 0.05) is 23.3 Å². The van der Waals surface area contributed by atoms with Crippen LogP contribution in [0.3, 0.4) is 0 Å². The Bertz CT molecular complexity index is 823. The van der Waals surface area contributed by atoms with E-state index in [2.05, 4.69) is 10.1 Å². The highest BCUT2D eigenvalue weighted by Gasteiger charge is 2.17. The topological polar surface area (TPSA) is 73.8 Å². The predicted molar refractivity (Wildman–Crippen MR) is 75.0 cm³/mol. The Kier molecular flexibility index (Phi) is 2.71. The molecule has 0 radical (unpaired) electrons. The van der Waals surface area contributed by atoms with Crippen LogP contribution in [-0.4, -0.2) is 19.7 Å². The SMILES string of the molecule is Cc1cc(C)n(-c2ccc([N+](=O)[O-])c3ncccc23)n1. The first-order chi connectivity index (χ1) is 9.58. The van der Waals surface area contributed by atoms with Gasteiger partial charge in [-0.2, -0.15) is 5.10 Å². The van der Waals surface area contributed by atoms with Gasteiger partial charge in [-0.15, -0.1) is 0 Å². The Balaban J connectivity index is 2.36. The molecule has 0 aliphatic rings. The van der Waals surface area contributed by atoms with Crippen LogP contribution in [-0.2, 0) is 0 Å². The van der Waals surface area contributed by atoms with E-state index < -0.39 is 4.92 Å². The second kappa shape index (κ2) is 4.41. The Morgan fingerprint density at radius 3 is 2.70 bits per heavy atom. The summed E-state index contributed by atoms with van der Waals surface area (Å²) < 4.78 is 1.78. The van der Waals surface area contributed by atoms with Crippen LogP contribution in [0.1, 0.15) is 11.4 Å². The summed E-state index contributed by atoms with van der Waals surface area (Å²) in [5, 5.41) is 16.2. The number of aryl methyl sites for hydroxylation is 2. The van der Waals surface area contributed by atoms with Crippen LogP contribution in [0, 0.1) is 24.0 Å². The second-order valence-electron chi connectivity index (χ2n) is 4.60. The zero-order valence-corrected chi connectivity index (χ0v) is 11.1. The van der Waals surface area contributed by atoms with Crippen molar-refractivity contribution < 1.29 is 4.92 Å². The summed E-state index contributed by atoms with van der Waals surface area (Å²) in [5.74, 6) is 0. The highest BCUT2D eigenvalue weighted by molar-refractivity contribution is 5.93. The molecule has 0 unspecified atom stereocenters. The van der Waals surface area contributed by atoms with Crippen LogP contribution in [0.25, 0.3) is 16.6 Å². The summed E-state index contributed by atoms with van der Waals surface area (Å²) in [7, 11) is 0. The number of nitrogens with zero attached hydrogens (tertiary/aromatic N) is 4. The summed E-state index contributed by atoms with van der Waals surface area (Å²) in [6, 6.07) is 8.73. The number of nitro groups is 1. The van der Waals surface area contributed by atoms with Crippen molar-refractivity contribution in [1.29, 1.82) is 0 Å². The van der Waals surface area contributed by atoms with E-state index in [-0.39, 0.29) is 5.69 Å². The average molecular weight is 268 g/mol. The fourth-order valence-electron chi connectivity index (χ4n) is 2.35. The molecule has 6 heteroatoms. The number of hydrogen-bond donors (Lipinski definition) is 0. The molecule has 1 aromatic carbocycles. The molecule has 2 aromatic heterocycles. The molecule has 20 heavy (non-hydrogen) atoms. The monoisotopic (exact) mass is 268 g/mol. The molecule has 0 aliphatic carbocycles. The van der Waals surface area contributed by atoms with E-state index in [1.54, 1.807) is 23.0 Å². The Hall–Kier alpha value is -2.76. The van der Waals surface area contributed by atoms with Gasteiger partial charge in [-0.3, -0.25) is 10.1 Å². The third kappa shape index (κ3) is 1.82. The average Bonchev–Trinajstić information content (AvgIpc) is 2.76. The predicted octanol–water partition coefficient (Wildman–Crippen LogP) is 2.95. The molecule has 0 bridgehead atoms. The summed E-state index contributed by atoms with van der Waals surface area (Å²) in [6.45, 7) is 3.86. The van der Waals surface area contributed by atoms with Gasteiger partial charge < -0.3 is 0 Å². The smallest absolute Gasteiger partial charge is 0.258 e. The van der Waals surface area contributed by atoms with Crippen molar-refractivity contribution in [2.45, 2.75) is 13.8 Å². The lowest BCUT2D eigenvalue weighted by Crippen LogP contribution is -2.02. The molecule has 0 fully saturated rings. The van der Waals surface area contributed by atoms with Gasteiger partial charge in [0.25, 0.3) is 5.69 Å². The molecule has 0 aliphatic heterocycles. The van der Waals surface area contributed by atoms with Gasteiger partial charge in [0.1, 0.15) is 5.52 Å². The van der Waals surface area contributed by atoms with Crippen LogP contribution in [0.5, 0.6) is 0 Å². The largest absolute Gasteiger partial charge is 0.295 e. The maximum Gasteiger partial charge on any atom is 0.295 e. The van der Waals surface area contributed by atoms with Crippen molar-refractivity contribution in [3.8, 4) is 5.69 Å². The maximum absolute atomic E-state index is 11.1. The maximum atomic E-state index is 11.1. The van der Waals surface area contributed by atoms with Crippen molar-refractivity contribution >= 4 is 16.6 Å². The molecule has 0 N–H and O–H groups in total. The van der Waals surface area contributed by atoms with Crippen molar-refractivity contribution in [2.24, 2.45) is 0 Å². The number of nitro benzene ring substituents is 1. The Morgan fingerprint density at radius 1 is 1.25 bits per heavy atom. The van der Waals surface area contributed by atoms with Crippen LogP contribution < -0.4 is 0 Å². The fraction of sp³-hybridized carbons (Fsp3) is 0.143. The molecule has 0 amide bonds. The highest BCUT2D eigenvalue weighted by Crippen LogP contribution is 2.29. The molecular weight excluding hydrogens is 256 g/mol. The molecule has 0 saturated carbocycles. The third-order valence-electron chi connectivity index (χ3n) is 3.16. The van der Waals surface area contributed by atoms with E-state index in [0.29, 0.717) is 10.9 Å². The summed E-state index contributed by atoms with van der Waals surface area (Å²) in [4.78, 5) is 14.8. The molecule has 6 nitrogen and oxygen atoms in total. The van der Waals surface area contributed by atoms with Crippen molar-refractivity contribution in [3.05, 3.63) is 58.0 Å². The molecule has 0 atom stereocenters. The lowest BCUT2D eigenvalue weighted by atomic mass is 10.1. The zero-order valence-electron chi connectivity index (χ0n) is 11.1. The lowest BCUT2D eigenvalue weighted by molar-refractivity contribution is -0.383. The van der Waals surface area contributed by atoms with Gasteiger partial charge in [-0.05, 0) is 38.1 Å². The Labute approximate surface area is 114 Å². The van der Waals surface area contributed by atoms with Crippen LogP contribution in [0.15, 0.2) is 36.5 Å². The van der Waals surface area contributed by atoms with Gasteiger partial charge in [0.15, 0.2) is 0 Å². The van der Waals surface area contributed by atoms with Crippen LogP contribution in [0.2, 0.25) is 0 Å². The molecule has 3 aromatic rings. The van der Waals surface area contributed by atoms with Gasteiger partial charge in [0.05, 0.1) is 16.3 Å². The molecular formula is C14H12N4O2. The van der Waals surface area contributed by atoms with Gasteiger partial charge >= 0.3 is 0 Å². The number of benzene rings is 1. The molecule has 2 heterocycles. The van der Waals surface area contributed by atoms with Crippen molar-refractivity contribution in [3.63, 3.8) is 0 Å². The Morgan fingerprint density at radius 2 is 2.05 bits per heavy atom. The minimum atomic E-state index is -0.416. The molecule has 3 rings (SSSR count). The fourth-order valence-corrected chi connectivity index (χ4v) is 2.35. The number of non-ortho nitro benzene ring substituents is 1. The van der Waals surface area contributed by atoms with E-state index in [1.807, 2.05) is 26.0 Å². The first kappa shape index (κ1) is 12.3. The van der Waals surface area contributed by atoms with Crippen LogP contribution >= 0.6 is 0 Å². The first-order valence-corrected chi connectivity index (χ1v) is 6.13. The van der Waals surface area contributed by atoms with E-state index in [1.165, 1.54) is 6.07 Å². The molecule has 0 saturated heterocycles. The summed E-state index contributed by atoms with van der Waals surface area (Å²) in [6.07, 6.45) is 1.56. The summed E-state index contributed by atoms with van der Waals surface area (Å²) >= 11 is 0. The first-order valence-electron chi connectivity index (χ1n) is 6.13. The van der Waals surface area contributed by atoms with E-state index >= 15 is 0 Å². The highest BCUT2D eigenvalue weighted by atomic mass is 16.6. The molecule has 0 spiro atoms. The quantitative estimate of drug-likeness (QED) is 0.529. The number of hydrogen-bond acceptors (Lipinski definition) is 4. The lowest BCUT2D eigenvalue weighted by Gasteiger charge is -2.08. The second-order valence-corrected chi connectivity index (χ2v) is 4.60. The van der Waals surface area contributed by atoms with Crippen molar-refractivity contribution in [2.75, 3.05) is 0 Å². The van der Waals surface area contributed by atoms with Crippen molar-refractivity contribution in [1.82, 2.24) is 14.8 Å². The normalized spacial score (nSPS) is 10.9. The van der Waals surface area contributed by atoms with E-state index in [4.69, 9.17) is 0 Å². The third-order valence-corrected chi connectivity index (χ3v) is 3.16. The zero-order chi connectivity index (χ0) is 14.3. The van der Waals surface area contributed by atoms with Gasteiger partial charge in [-0.25, -0.2) is 9.67 Å². The number of fused-ring (bicyclic) bond motifs is 1. The summed E-state index contributed by atoms with van der Waals surface area (Å²) in [5.41, 5.74) is 3.05. The molecule has 100 valence electrons. The standard InChI is InChI=1S/C14H12N4O2/c1-9-8-10(2)17(16-9)12-5-6-13(18(19)20)14-11(12)4-3-7-15-14/h3-8H,1-2H3. The van der Waals surface area contributed by atoms with Gasteiger partial charge in [-0.1, -0.05) is 0 Å². The van der Waals surface area contributed by atoms with E-state index in [0.717, 1.165) is 17.1 Å². The number of pyridine rings is 1. The number of rotatable bonds is 2. The number of aromatic nitrogens is 3.